The van der Waals surface area contributed by atoms with E-state index in [2.05, 4.69) is 26.8 Å². The number of hydrogen-bond acceptors (Lipinski definition) is 5. The molecule has 110 valence electrons. The Labute approximate surface area is 116 Å². The fraction of sp³-hybridized carbons (Fsp3) is 0.615. The third-order valence-electron chi connectivity index (χ3n) is 3.53. The van der Waals surface area contributed by atoms with Crippen molar-refractivity contribution in [2.45, 2.75) is 32.2 Å². The highest BCUT2D eigenvalue weighted by Crippen LogP contribution is 2.11. The van der Waals surface area contributed by atoms with Crippen molar-refractivity contribution < 1.29 is 19.2 Å². The maximum absolute atomic E-state index is 11.8. The van der Waals surface area contributed by atoms with E-state index in [4.69, 9.17) is 5.11 Å². The van der Waals surface area contributed by atoms with E-state index in [1.807, 2.05) is 0 Å². The zero-order valence-electron chi connectivity index (χ0n) is 11.5. The number of aromatic carboxylic acids is 1. The first-order valence-corrected chi connectivity index (χ1v) is 6.80. The normalized spacial score (nSPS) is 17.6. The van der Waals surface area contributed by atoms with Gasteiger partial charge in [0, 0.05) is 18.7 Å². The van der Waals surface area contributed by atoms with Gasteiger partial charge in [-0.1, -0.05) is 11.6 Å². The molecule has 1 aromatic rings. The van der Waals surface area contributed by atoms with Crippen molar-refractivity contribution in [3.63, 3.8) is 0 Å². The van der Waals surface area contributed by atoms with Crippen LogP contribution in [0.3, 0.4) is 0 Å². The summed E-state index contributed by atoms with van der Waals surface area (Å²) in [5, 5.41) is 14.9. The van der Waals surface area contributed by atoms with E-state index in [9.17, 15) is 9.59 Å². The lowest BCUT2D eigenvalue weighted by molar-refractivity contribution is 0.0651. The molecule has 1 aliphatic rings. The number of nitrogens with one attached hydrogen (secondary N) is 1. The Morgan fingerprint density at radius 2 is 2.15 bits per heavy atom. The molecule has 0 bridgehead atoms. The molecule has 7 heteroatoms. The summed E-state index contributed by atoms with van der Waals surface area (Å²) >= 11 is 0. The highest BCUT2D eigenvalue weighted by atomic mass is 16.5. The van der Waals surface area contributed by atoms with Crippen molar-refractivity contribution in [3.05, 3.63) is 17.5 Å². The van der Waals surface area contributed by atoms with Gasteiger partial charge in [-0.25, -0.2) is 4.79 Å². The average Bonchev–Trinajstić information content (AvgIpc) is 2.95. The minimum Gasteiger partial charge on any atom is -0.475 e. The molecule has 7 nitrogen and oxygen atoms in total. The monoisotopic (exact) mass is 281 g/mol. The number of aromatic nitrogens is 1. The first-order valence-electron chi connectivity index (χ1n) is 6.80. The molecule has 0 saturated carbocycles. The molecule has 1 atom stereocenters. The molecule has 1 saturated heterocycles. The molecular formula is C13H19N3O4. The van der Waals surface area contributed by atoms with Gasteiger partial charge in [0.25, 0.3) is 5.91 Å². The topological polar surface area (TPSA) is 95.7 Å². The van der Waals surface area contributed by atoms with Crippen LogP contribution in [0.1, 0.15) is 47.2 Å². The van der Waals surface area contributed by atoms with Crippen LogP contribution >= 0.6 is 0 Å². The van der Waals surface area contributed by atoms with Gasteiger partial charge in [0.1, 0.15) is 0 Å². The number of rotatable bonds is 5. The van der Waals surface area contributed by atoms with Gasteiger partial charge in [-0.05, 0) is 32.9 Å². The zero-order valence-corrected chi connectivity index (χ0v) is 11.5. The second kappa shape index (κ2) is 6.51. The Bertz CT molecular complexity index is 480. The lowest BCUT2D eigenvalue weighted by Gasteiger charge is -2.32. The highest BCUT2D eigenvalue weighted by Gasteiger charge is 2.19. The summed E-state index contributed by atoms with van der Waals surface area (Å²) in [6.07, 6.45) is 3.67. The number of hydrogen-bond donors (Lipinski definition) is 2. The molecule has 1 unspecified atom stereocenters. The third-order valence-corrected chi connectivity index (χ3v) is 3.53. The number of carboxylic acids is 1. The Balaban J connectivity index is 1.83. The molecule has 2 rings (SSSR count). The summed E-state index contributed by atoms with van der Waals surface area (Å²) < 4.78 is 4.55. The molecular weight excluding hydrogens is 262 g/mol. The fourth-order valence-corrected chi connectivity index (χ4v) is 2.30. The minimum atomic E-state index is -1.24. The molecule has 1 aliphatic heterocycles. The number of piperidine rings is 1. The van der Waals surface area contributed by atoms with E-state index in [0.717, 1.165) is 19.2 Å². The minimum absolute atomic E-state index is 0.00626. The van der Waals surface area contributed by atoms with Crippen LogP contribution in [0.25, 0.3) is 0 Å². The Morgan fingerprint density at radius 3 is 2.75 bits per heavy atom. The first-order chi connectivity index (χ1) is 9.58. The maximum atomic E-state index is 11.8. The number of amides is 1. The number of carbonyl (C=O) groups excluding carboxylic acids is 1. The number of carbonyl (C=O) groups is 2. The zero-order chi connectivity index (χ0) is 14.5. The predicted octanol–water partition coefficient (Wildman–Crippen LogP) is 0.977. The predicted molar refractivity (Wildman–Crippen MR) is 70.7 cm³/mol. The number of nitrogens with zero attached hydrogens (tertiary/aromatic N) is 2. The number of carboxylic acid groups (broad SMARTS) is 1. The second-order valence-corrected chi connectivity index (χ2v) is 5.04. The van der Waals surface area contributed by atoms with E-state index in [-0.39, 0.29) is 17.5 Å². The molecule has 0 aliphatic carbocycles. The Morgan fingerprint density at radius 1 is 1.45 bits per heavy atom. The summed E-state index contributed by atoms with van der Waals surface area (Å²) in [7, 11) is 0. The first kappa shape index (κ1) is 14.5. The van der Waals surface area contributed by atoms with E-state index in [1.165, 1.54) is 19.3 Å². The fourth-order valence-electron chi connectivity index (χ4n) is 2.30. The third kappa shape index (κ3) is 3.57. The van der Waals surface area contributed by atoms with Crippen LogP contribution < -0.4 is 5.32 Å². The van der Waals surface area contributed by atoms with Gasteiger partial charge in [0.15, 0.2) is 5.69 Å². The molecule has 1 aromatic heterocycles. The van der Waals surface area contributed by atoms with Gasteiger partial charge in [0.05, 0.1) is 0 Å². The van der Waals surface area contributed by atoms with E-state index < -0.39 is 11.9 Å². The summed E-state index contributed by atoms with van der Waals surface area (Å²) in [5.41, 5.74) is -0.00626. The van der Waals surface area contributed by atoms with Gasteiger partial charge < -0.3 is 14.9 Å². The molecule has 20 heavy (non-hydrogen) atoms. The Kier molecular flexibility index (Phi) is 4.73. The quantitative estimate of drug-likeness (QED) is 0.835. The maximum Gasteiger partial charge on any atom is 0.374 e. The largest absolute Gasteiger partial charge is 0.475 e. The average molecular weight is 281 g/mol. The standard InChI is InChI=1S/C13H19N3O4/c1-9(16-5-3-2-4-6-16)8-14-12(17)10-7-11(13(18)19)20-15-10/h7,9H,2-6,8H2,1H3,(H,14,17)(H,18,19). The van der Waals surface area contributed by atoms with Crippen LogP contribution in [0.4, 0.5) is 0 Å². The molecule has 0 radical (unpaired) electrons. The molecule has 0 spiro atoms. The van der Waals surface area contributed by atoms with Crippen LogP contribution in [-0.4, -0.2) is 52.7 Å². The highest BCUT2D eigenvalue weighted by molar-refractivity contribution is 5.94. The summed E-state index contributed by atoms with van der Waals surface area (Å²) in [6, 6.07) is 1.38. The van der Waals surface area contributed by atoms with Crippen LogP contribution in [0, 0.1) is 0 Å². The van der Waals surface area contributed by atoms with Crippen LogP contribution in [0.2, 0.25) is 0 Å². The molecule has 2 N–H and O–H groups in total. The van der Waals surface area contributed by atoms with Crippen molar-refractivity contribution in [2.75, 3.05) is 19.6 Å². The van der Waals surface area contributed by atoms with Crippen LogP contribution in [-0.2, 0) is 0 Å². The van der Waals surface area contributed by atoms with Crippen molar-refractivity contribution in [1.29, 1.82) is 0 Å². The lowest BCUT2D eigenvalue weighted by Crippen LogP contribution is -2.44. The lowest BCUT2D eigenvalue weighted by atomic mass is 10.1. The SMILES string of the molecule is CC(CNC(=O)c1cc(C(=O)O)on1)N1CCCCC1. The van der Waals surface area contributed by atoms with E-state index in [0.29, 0.717) is 6.54 Å². The molecule has 1 fully saturated rings. The molecule has 1 amide bonds. The smallest absolute Gasteiger partial charge is 0.374 e. The number of likely N-dealkylation sites (tertiary alicyclic amines) is 1. The van der Waals surface area contributed by atoms with Gasteiger partial charge in [0.2, 0.25) is 5.76 Å². The van der Waals surface area contributed by atoms with Gasteiger partial charge in [-0.15, -0.1) is 0 Å². The van der Waals surface area contributed by atoms with Gasteiger partial charge in [-0.2, -0.15) is 0 Å². The van der Waals surface area contributed by atoms with E-state index >= 15 is 0 Å². The molecule has 2 heterocycles. The van der Waals surface area contributed by atoms with Crippen molar-refractivity contribution in [1.82, 2.24) is 15.4 Å². The van der Waals surface area contributed by atoms with Gasteiger partial charge in [-0.3, -0.25) is 9.69 Å². The second-order valence-electron chi connectivity index (χ2n) is 5.04. The van der Waals surface area contributed by atoms with Crippen LogP contribution in [0.15, 0.2) is 10.6 Å². The van der Waals surface area contributed by atoms with Crippen LogP contribution in [0.5, 0.6) is 0 Å². The Hall–Kier alpha value is -1.89. The van der Waals surface area contributed by atoms with Crippen molar-refractivity contribution >= 4 is 11.9 Å². The molecule has 0 aromatic carbocycles. The van der Waals surface area contributed by atoms with Gasteiger partial charge >= 0.3 is 5.97 Å². The summed E-state index contributed by atoms with van der Waals surface area (Å²) in [5.74, 6) is -1.98. The van der Waals surface area contributed by atoms with Crippen molar-refractivity contribution in [3.8, 4) is 0 Å². The van der Waals surface area contributed by atoms with E-state index in [1.54, 1.807) is 0 Å². The summed E-state index contributed by atoms with van der Waals surface area (Å²) in [6.45, 7) is 4.69. The summed E-state index contributed by atoms with van der Waals surface area (Å²) in [4.78, 5) is 24.8. The van der Waals surface area contributed by atoms with Crippen molar-refractivity contribution in [2.24, 2.45) is 0 Å².